The second-order valence-electron chi connectivity index (χ2n) is 2.24. The van der Waals surface area contributed by atoms with Crippen LogP contribution < -0.4 is 0 Å². The van der Waals surface area contributed by atoms with Gasteiger partial charge in [-0.05, 0) is 30.2 Å². The van der Waals surface area contributed by atoms with Crippen molar-refractivity contribution in [2.24, 2.45) is 0 Å². The molecule has 0 N–H and O–H groups in total. The topological polar surface area (TPSA) is 39.4 Å². The summed E-state index contributed by atoms with van der Waals surface area (Å²) in [5.74, 6) is -0.322. The number of rotatable bonds is 3. The van der Waals surface area contributed by atoms with Crippen LogP contribution in [0.25, 0.3) is 0 Å². The summed E-state index contributed by atoms with van der Waals surface area (Å²) in [7, 11) is 0. The Kier molecular flexibility index (Phi) is 3.17. The van der Waals surface area contributed by atoms with E-state index in [-0.39, 0.29) is 11.0 Å². The van der Waals surface area contributed by atoms with Gasteiger partial charge in [0, 0.05) is 0 Å². The molecule has 0 fully saturated rings. The maximum absolute atomic E-state index is 11.0. The Balaban J connectivity index is 2.53. The van der Waals surface area contributed by atoms with E-state index in [1.807, 2.05) is 6.92 Å². The molecule has 0 amide bonds. The minimum absolute atomic E-state index is 0.147. The van der Waals surface area contributed by atoms with Crippen LogP contribution in [0.15, 0.2) is 16.5 Å². The van der Waals surface area contributed by atoms with E-state index in [1.165, 1.54) is 12.1 Å². The van der Waals surface area contributed by atoms with Gasteiger partial charge < -0.3 is 9.15 Å². The Bertz CT molecular complexity index is 267. The first-order valence-electron chi connectivity index (χ1n) is 3.66. The smallest absolute Gasteiger partial charge is 0.374 e. The van der Waals surface area contributed by atoms with E-state index in [0.717, 1.165) is 6.42 Å². The highest BCUT2D eigenvalue weighted by Crippen LogP contribution is 2.13. The molecule has 0 spiro atoms. The predicted octanol–water partition coefficient (Wildman–Crippen LogP) is 2.50. The standard InChI is InChI=1S/C8H9ClO3/c1-2-5-11-8(10)6-3-4-7(9)12-6/h3-4H,2,5H2,1H3. The van der Waals surface area contributed by atoms with Gasteiger partial charge in [0.15, 0.2) is 5.22 Å². The Hall–Kier alpha value is -0.960. The summed E-state index contributed by atoms with van der Waals surface area (Å²) in [4.78, 5) is 11.0. The minimum atomic E-state index is -0.469. The summed E-state index contributed by atoms with van der Waals surface area (Å²) < 4.78 is 9.63. The van der Waals surface area contributed by atoms with Gasteiger partial charge in [0.05, 0.1) is 6.61 Å². The molecule has 0 radical (unpaired) electrons. The lowest BCUT2D eigenvalue weighted by Gasteiger charge is -1.98. The van der Waals surface area contributed by atoms with E-state index >= 15 is 0 Å². The Morgan fingerprint density at radius 3 is 2.92 bits per heavy atom. The first-order valence-corrected chi connectivity index (χ1v) is 4.04. The summed E-state index contributed by atoms with van der Waals surface area (Å²) in [6, 6.07) is 2.99. The molecular weight excluding hydrogens is 180 g/mol. The SMILES string of the molecule is CCCOC(=O)c1ccc(Cl)o1. The van der Waals surface area contributed by atoms with Crippen LogP contribution in [0.4, 0.5) is 0 Å². The summed E-state index contributed by atoms with van der Waals surface area (Å²) in [6.07, 6.45) is 0.792. The summed E-state index contributed by atoms with van der Waals surface area (Å²) in [5, 5.41) is 0.193. The van der Waals surface area contributed by atoms with E-state index in [4.69, 9.17) is 20.8 Å². The van der Waals surface area contributed by atoms with Crippen LogP contribution in [-0.2, 0) is 4.74 Å². The van der Waals surface area contributed by atoms with E-state index < -0.39 is 5.97 Å². The molecule has 0 atom stereocenters. The summed E-state index contributed by atoms with van der Waals surface area (Å²) in [6.45, 7) is 2.32. The van der Waals surface area contributed by atoms with Crippen LogP contribution in [0.1, 0.15) is 23.9 Å². The molecule has 0 saturated carbocycles. The van der Waals surface area contributed by atoms with Crippen molar-refractivity contribution in [3.8, 4) is 0 Å². The van der Waals surface area contributed by atoms with E-state index in [9.17, 15) is 4.79 Å². The molecule has 0 aliphatic rings. The van der Waals surface area contributed by atoms with Crippen LogP contribution in [0.2, 0.25) is 5.22 Å². The highest BCUT2D eigenvalue weighted by atomic mass is 35.5. The molecule has 1 heterocycles. The Labute approximate surface area is 75.3 Å². The van der Waals surface area contributed by atoms with Gasteiger partial charge in [-0.15, -0.1) is 0 Å². The first kappa shape index (κ1) is 9.13. The van der Waals surface area contributed by atoms with Crippen molar-refractivity contribution in [1.82, 2.24) is 0 Å². The number of furan rings is 1. The van der Waals surface area contributed by atoms with Crippen molar-refractivity contribution in [3.05, 3.63) is 23.1 Å². The number of halogens is 1. The zero-order chi connectivity index (χ0) is 8.97. The van der Waals surface area contributed by atoms with Gasteiger partial charge >= 0.3 is 5.97 Å². The quantitative estimate of drug-likeness (QED) is 0.685. The molecule has 0 saturated heterocycles. The summed E-state index contributed by atoms with van der Waals surface area (Å²) >= 11 is 5.46. The predicted molar refractivity (Wildman–Crippen MR) is 44.3 cm³/mol. The molecule has 0 aliphatic carbocycles. The van der Waals surface area contributed by atoms with Gasteiger partial charge in [-0.25, -0.2) is 4.79 Å². The van der Waals surface area contributed by atoms with E-state index in [0.29, 0.717) is 6.61 Å². The second kappa shape index (κ2) is 4.16. The van der Waals surface area contributed by atoms with E-state index in [1.54, 1.807) is 0 Å². The van der Waals surface area contributed by atoms with Crippen LogP contribution >= 0.6 is 11.6 Å². The van der Waals surface area contributed by atoms with Gasteiger partial charge in [-0.1, -0.05) is 6.92 Å². The number of esters is 1. The fourth-order valence-electron chi connectivity index (χ4n) is 0.690. The average molecular weight is 189 g/mol. The third-order valence-electron chi connectivity index (χ3n) is 1.21. The third-order valence-corrected chi connectivity index (χ3v) is 1.41. The molecular formula is C8H9ClO3. The fourth-order valence-corrected chi connectivity index (χ4v) is 0.836. The van der Waals surface area contributed by atoms with E-state index in [2.05, 4.69) is 0 Å². The van der Waals surface area contributed by atoms with Gasteiger partial charge in [0.2, 0.25) is 5.76 Å². The molecule has 0 aromatic carbocycles. The maximum Gasteiger partial charge on any atom is 0.374 e. The lowest BCUT2D eigenvalue weighted by Crippen LogP contribution is -2.04. The number of carbonyl (C=O) groups is 1. The van der Waals surface area contributed by atoms with Gasteiger partial charge in [0.1, 0.15) is 0 Å². The largest absolute Gasteiger partial charge is 0.460 e. The normalized spacial score (nSPS) is 9.83. The molecule has 0 unspecified atom stereocenters. The maximum atomic E-state index is 11.0. The molecule has 4 heteroatoms. The molecule has 0 bridgehead atoms. The number of hydrogen-bond donors (Lipinski definition) is 0. The minimum Gasteiger partial charge on any atom is -0.460 e. The molecule has 3 nitrogen and oxygen atoms in total. The lowest BCUT2D eigenvalue weighted by molar-refractivity contribution is 0.0469. The van der Waals surface area contributed by atoms with Crippen LogP contribution in [0.3, 0.4) is 0 Å². The van der Waals surface area contributed by atoms with Gasteiger partial charge in [0.25, 0.3) is 0 Å². The summed E-state index contributed by atoms with van der Waals surface area (Å²) in [5.41, 5.74) is 0. The van der Waals surface area contributed by atoms with Crippen molar-refractivity contribution < 1.29 is 13.9 Å². The monoisotopic (exact) mass is 188 g/mol. The average Bonchev–Trinajstić information content (AvgIpc) is 2.47. The number of carbonyl (C=O) groups excluding carboxylic acids is 1. The van der Waals surface area contributed by atoms with Crippen LogP contribution in [0.5, 0.6) is 0 Å². The van der Waals surface area contributed by atoms with Crippen LogP contribution in [-0.4, -0.2) is 12.6 Å². The molecule has 12 heavy (non-hydrogen) atoms. The number of hydrogen-bond acceptors (Lipinski definition) is 3. The van der Waals surface area contributed by atoms with Crippen molar-refractivity contribution in [1.29, 1.82) is 0 Å². The molecule has 1 rings (SSSR count). The van der Waals surface area contributed by atoms with Crippen molar-refractivity contribution in [3.63, 3.8) is 0 Å². The van der Waals surface area contributed by atoms with Gasteiger partial charge in [-0.3, -0.25) is 0 Å². The van der Waals surface area contributed by atoms with Crippen molar-refractivity contribution >= 4 is 17.6 Å². The third kappa shape index (κ3) is 2.27. The zero-order valence-corrected chi connectivity index (χ0v) is 7.43. The second-order valence-corrected chi connectivity index (χ2v) is 2.61. The van der Waals surface area contributed by atoms with Crippen LogP contribution in [0, 0.1) is 0 Å². The Morgan fingerprint density at radius 2 is 2.42 bits per heavy atom. The molecule has 1 aromatic heterocycles. The fraction of sp³-hybridized carbons (Fsp3) is 0.375. The van der Waals surface area contributed by atoms with Crippen molar-refractivity contribution in [2.45, 2.75) is 13.3 Å². The highest BCUT2D eigenvalue weighted by molar-refractivity contribution is 6.29. The highest BCUT2D eigenvalue weighted by Gasteiger charge is 2.10. The van der Waals surface area contributed by atoms with Gasteiger partial charge in [-0.2, -0.15) is 0 Å². The lowest BCUT2D eigenvalue weighted by atomic mass is 10.4. The van der Waals surface area contributed by atoms with Crippen molar-refractivity contribution in [2.75, 3.05) is 6.61 Å². The Morgan fingerprint density at radius 1 is 1.67 bits per heavy atom. The molecule has 0 aliphatic heterocycles. The number of ether oxygens (including phenoxy) is 1. The molecule has 1 aromatic rings. The molecule has 66 valence electrons. The first-order chi connectivity index (χ1) is 5.74. The zero-order valence-electron chi connectivity index (χ0n) is 6.67.